The Morgan fingerprint density at radius 2 is 2.10 bits per heavy atom. The third kappa shape index (κ3) is 3.14. The summed E-state index contributed by atoms with van der Waals surface area (Å²) in [6, 6.07) is 4.67. The highest BCUT2D eigenvalue weighted by Crippen LogP contribution is 2.30. The van der Waals surface area contributed by atoms with Gasteiger partial charge < -0.3 is 10.0 Å². The summed E-state index contributed by atoms with van der Waals surface area (Å²) >= 11 is 0. The summed E-state index contributed by atoms with van der Waals surface area (Å²) in [4.78, 5) is 24.2. The van der Waals surface area contributed by atoms with Gasteiger partial charge in [-0.05, 0) is 37.3 Å². The van der Waals surface area contributed by atoms with Crippen molar-refractivity contribution in [2.75, 3.05) is 18.1 Å². The van der Waals surface area contributed by atoms with E-state index < -0.39 is 4.92 Å². The molecule has 0 radical (unpaired) electrons. The van der Waals surface area contributed by atoms with Gasteiger partial charge in [0, 0.05) is 37.4 Å². The molecule has 0 saturated carbocycles. The summed E-state index contributed by atoms with van der Waals surface area (Å²) < 4.78 is 0. The number of hydrogen-bond acceptors (Lipinski definition) is 4. The predicted molar refractivity (Wildman–Crippen MR) is 74.7 cm³/mol. The Kier molecular flexibility index (Phi) is 4.68. The first-order valence-electron chi connectivity index (χ1n) is 6.82. The van der Waals surface area contributed by atoms with Crippen molar-refractivity contribution in [3.05, 3.63) is 33.9 Å². The summed E-state index contributed by atoms with van der Waals surface area (Å²) in [7, 11) is 0. The number of rotatable bonds is 5. The van der Waals surface area contributed by atoms with E-state index in [1.807, 2.05) is 0 Å². The van der Waals surface area contributed by atoms with Crippen molar-refractivity contribution in [3.8, 4) is 0 Å². The highest BCUT2D eigenvalue weighted by molar-refractivity contribution is 5.95. The van der Waals surface area contributed by atoms with Crippen molar-refractivity contribution in [1.82, 2.24) is 0 Å². The zero-order valence-electron chi connectivity index (χ0n) is 11.2. The quantitative estimate of drug-likeness (QED) is 0.507. The van der Waals surface area contributed by atoms with Crippen molar-refractivity contribution in [3.63, 3.8) is 0 Å². The molecule has 0 unspecified atom stereocenters. The van der Waals surface area contributed by atoms with Crippen LogP contribution in [0.1, 0.15) is 31.2 Å². The number of aryl methyl sites for hydroxylation is 1. The van der Waals surface area contributed by atoms with Gasteiger partial charge in [-0.1, -0.05) is 0 Å². The van der Waals surface area contributed by atoms with Crippen LogP contribution in [0.2, 0.25) is 0 Å². The molecule has 1 aromatic rings. The van der Waals surface area contributed by atoms with E-state index in [0.29, 0.717) is 32.2 Å². The van der Waals surface area contributed by atoms with Gasteiger partial charge in [-0.25, -0.2) is 0 Å². The summed E-state index contributed by atoms with van der Waals surface area (Å²) in [5.74, 6) is 0.0514. The van der Waals surface area contributed by atoms with Crippen LogP contribution in [0.3, 0.4) is 0 Å². The molecule has 6 nitrogen and oxygen atoms in total. The summed E-state index contributed by atoms with van der Waals surface area (Å²) in [5, 5.41) is 19.7. The van der Waals surface area contributed by atoms with Gasteiger partial charge in [-0.2, -0.15) is 0 Å². The second kappa shape index (κ2) is 6.47. The number of unbranched alkanes of at least 4 members (excludes halogenated alkanes) is 1. The minimum Gasteiger partial charge on any atom is -0.396 e. The van der Waals surface area contributed by atoms with Gasteiger partial charge in [-0.15, -0.1) is 0 Å². The van der Waals surface area contributed by atoms with Crippen molar-refractivity contribution in [2.24, 2.45) is 0 Å². The minimum absolute atomic E-state index is 0.0514. The molecule has 0 spiro atoms. The van der Waals surface area contributed by atoms with Gasteiger partial charge in [0.2, 0.25) is 5.91 Å². The highest BCUT2D eigenvalue weighted by Gasteiger charge is 2.23. The maximum atomic E-state index is 12.1. The standard InChI is InChI=1S/C14H18N2O4/c17-9-2-1-8-15-13-7-6-12(16(19)20)10-11(13)4-3-5-14(15)18/h6-7,10,17H,1-5,8-9H2. The number of aliphatic hydroxyl groups is 1. The number of nitro groups is 1. The molecule has 1 aliphatic heterocycles. The lowest BCUT2D eigenvalue weighted by atomic mass is 10.1. The minimum atomic E-state index is -0.414. The number of amides is 1. The number of nitrogens with zero attached hydrogens (tertiary/aromatic N) is 2. The maximum Gasteiger partial charge on any atom is 0.269 e. The lowest BCUT2D eigenvalue weighted by molar-refractivity contribution is -0.384. The number of anilines is 1. The van der Waals surface area contributed by atoms with Gasteiger partial charge in [0.05, 0.1) is 4.92 Å². The van der Waals surface area contributed by atoms with Crippen molar-refractivity contribution in [2.45, 2.75) is 32.1 Å². The molecule has 0 bridgehead atoms. The Labute approximate surface area is 117 Å². The van der Waals surface area contributed by atoms with E-state index in [9.17, 15) is 14.9 Å². The first-order valence-corrected chi connectivity index (χ1v) is 6.82. The molecule has 0 saturated heterocycles. The molecule has 1 amide bonds. The maximum absolute atomic E-state index is 12.1. The number of non-ortho nitro benzene ring substituents is 1. The van der Waals surface area contributed by atoms with Crippen LogP contribution in [0.15, 0.2) is 18.2 Å². The van der Waals surface area contributed by atoms with Crippen LogP contribution in [-0.4, -0.2) is 29.1 Å². The fourth-order valence-corrected chi connectivity index (χ4v) is 2.48. The molecule has 2 rings (SSSR count). The molecule has 0 atom stereocenters. The third-order valence-electron chi connectivity index (χ3n) is 3.49. The zero-order valence-corrected chi connectivity index (χ0v) is 11.2. The van der Waals surface area contributed by atoms with Crippen molar-refractivity contribution >= 4 is 17.3 Å². The van der Waals surface area contributed by atoms with E-state index in [-0.39, 0.29) is 18.2 Å². The molecular weight excluding hydrogens is 260 g/mol. The summed E-state index contributed by atoms with van der Waals surface area (Å²) in [6.07, 6.45) is 3.22. The topological polar surface area (TPSA) is 83.7 Å². The van der Waals surface area contributed by atoms with E-state index in [2.05, 4.69) is 0 Å². The fraction of sp³-hybridized carbons (Fsp3) is 0.500. The summed E-state index contributed by atoms with van der Waals surface area (Å²) in [5.41, 5.74) is 1.69. The Balaban J connectivity index is 2.29. The number of fused-ring (bicyclic) bond motifs is 1. The van der Waals surface area contributed by atoms with Gasteiger partial charge in [-0.3, -0.25) is 14.9 Å². The average Bonchev–Trinajstić information content (AvgIpc) is 2.58. The number of hydrogen-bond donors (Lipinski definition) is 1. The first-order chi connectivity index (χ1) is 9.63. The number of carbonyl (C=O) groups is 1. The SMILES string of the molecule is O=C1CCCc2cc([N+](=O)[O-])ccc2N1CCCCO. The molecule has 1 heterocycles. The van der Waals surface area contributed by atoms with Crippen molar-refractivity contribution < 1.29 is 14.8 Å². The molecule has 108 valence electrons. The Bertz CT molecular complexity index is 516. The highest BCUT2D eigenvalue weighted by atomic mass is 16.6. The van der Waals surface area contributed by atoms with Crippen molar-refractivity contribution in [1.29, 1.82) is 0 Å². The largest absolute Gasteiger partial charge is 0.396 e. The lowest BCUT2D eigenvalue weighted by Gasteiger charge is -2.22. The predicted octanol–water partition coefficient (Wildman–Crippen LogP) is 2.04. The van der Waals surface area contributed by atoms with Gasteiger partial charge in [0.15, 0.2) is 0 Å². The van der Waals surface area contributed by atoms with Crippen LogP contribution >= 0.6 is 0 Å². The van der Waals surface area contributed by atoms with E-state index in [4.69, 9.17) is 5.11 Å². The van der Waals surface area contributed by atoms with Crippen LogP contribution < -0.4 is 4.90 Å². The Morgan fingerprint density at radius 3 is 2.80 bits per heavy atom. The molecule has 1 aromatic carbocycles. The molecule has 1 aliphatic rings. The van der Waals surface area contributed by atoms with Gasteiger partial charge in [0.1, 0.15) is 0 Å². The van der Waals surface area contributed by atoms with E-state index in [0.717, 1.165) is 17.7 Å². The zero-order chi connectivity index (χ0) is 14.5. The van der Waals surface area contributed by atoms with Crippen LogP contribution in [0.5, 0.6) is 0 Å². The summed E-state index contributed by atoms with van der Waals surface area (Å²) in [6.45, 7) is 0.652. The first kappa shape index (κ1) is 14.5. The molecule has 0 aliphatic carbocycles. The number of nitro benzene ring substituents is 1. The van der Waals surface area contributed by atoms with Crippen LogP contribution in [-0.2, 0) is 11.2 Å². The molecular formula is C14H18N2O4. The van der Waals surface area contributed by atoms with E-state index >= 15 is 0 Å². The monoisotopic (exact) mass is 278 g/mol. The Hall–Kier alpha value is -1.95. The smallest absolute Gasteiger partial charge is 0.269 e. The fourth-order valence-electron chi connectivity index (χ4n) is 2.48. The normalized spacial score (nSPS) is 14.8. The molecule has 6 heteroatoms. The van der Waals surface area contributed by atoms with Crippen LogP contribution in [0, 0.1) is 10.1 Å². The molecule has 1 N–H and O–H groups in total. The second-order valence-corrected chi connectivity index (χ2v) is 4.90. The number of benzene rings is 1. The van der Waals surface area contributed by atoms with E-state index in [1.165, 1.54) is 6.07 Å². The van der Waals surface area contributed by atoms with Gasteiger partial charge >= 0.3 is 0 Å². The van der Waals surface area contributed by atoms with Crippen LogP contribution in [0.25, 0.3) is 0 Å². The second-order valence-electron chi connectivity index (χ2n) is 4.90. The van der Waals surface area contributed by atoms with E-state index in [1.54, 1.807) is 17.0 Å². The lowest BCUT2D eigenvalue weighted by Crippen LogP contribution is -2.31. The Morgan fingerprint density at radius 1 is 1.30 bits per heavy atom. The third-order valence-corrected chi connectivity index (χ3v) is 3.49. The number of aliphatic hydroxyl groups excluding tert-OH is 1. The molecule has 0 fully saturated rings. The number of carbonyl (C=O) groups excluding carboxylic acids is 1. The average molecular weight is 278 g/mol. The molecule has 0 aromatic heterocycles. The van der Waals surface area contributed by atoms with Gasteiger partial charge in [0.25, 0.3) is 5.69 Å². The molecule has 20 heavy (non-hydrogen) atoms. The van der Waals surface area contributed by atoms with Crippen LogP contribution in [0.4, 0.5) is 11.4 Å².